The largest absolute Gasteiger partial charge is 0.426 e. The number of likely N-dealkylation sites (N-methyl/N-ethyl adjacent to an activating group) is 1. The summed E-state index contributed by atoms with van der Waals surface area (Å²) in [5.41, 5.74) is 4.40. The van der Waals surface area contributed by atoms with Crippen LogP contribution in [0.1, 0.15) is 49.8 Å². The van der Waals surface area contributed by atoms with Crippen molar-refractivity contribution in [1.29, 1.82) is 0 Å². The summed E-state index contributed by atoms with van der Waals surface area (Å²) in [6.45, 7) is 7.56. The number of carbonyl (C=O) groups excluding carboxylic acids is 1. The molecule has 6 rings (SSSR count). The van der Waals surface area contributed by atoms with Crippen molar-refractivity contribution in [3.05, 3.63) is 29.5 Å². The van der Waals surface area contributed by atoms with E-state index in [4.69, 9.17) is 4.74 Å². The Labute approximate surface area is 204 Å². The third kappa shape index (κ3) is 4.40. The summed E-state index contributed by atoms with van der Waals surface area (Å²) in [7, 11) is 8.28. The molecule has 34 heavy (non-hydrogen) atoms. The van der Waals surface area contributed by atoms with Crippen molar-refractivity contribution in [3.8, 4) is 5.75 Å². The van der Waals surface area contributed by atoms with Crippen molar-refractivity contribution in [2.45, 2.75) is 57.5 Å². The van der Waals surface area contributed by atoms with Crippen LogP contribution in [0.5, 0.6) is 5.75 Å². The monoisotopic (exact) mass is 466 g/mol. The molecule has 1 aromatic heterocycles. The van der Waals surface area contributed by atoms with Gasteiger partial charge in [0.15, 0.2) is 0 Å². The zero-order valence-electron chi connectivity index (χ0n) is 21.7. The van der Waals surface area contributed by atoms with Gasteiger partial charge in [0.1, 0.15) is 5.75 Å². The predicted molar refractivity (Wildman–Crippen MR) is 138 cm³/mol. The fraction of sp³-hybridized carbons (Fsp3) is 0.679. The number of carbonyl (C=O) groups is 1. The Bertz CT molecular complexity index is 1040. The number of nitrogens with zero attached hydrogens (tertiary/aromatic N) is 4. The van der Waals surface area contributed by atoms with Crippen LogP contribution in [0.15, 0.2) is 18.2 Å². The van der Waals surface area contributed by atoms with Crippen molar-refractivity contribution in [3.63, 3.8) is 0 Å². The molecule has 3 fully saturated rings. The van der Waals surface area contributed by atoms with Gasteiger partial charge in [-0.1, -0.05) is 13.3 Å². The van der Waals surface area contributed by atoms with E-state index in [2.05, 4.69) is 47.5 Å². The molecule has 4 aliphatic rings. The molecule has 4 bridgehead atoms. The Kier molecular flexibility index (Phi) is 6.75. The molecular weight excluding hydrogens is 424 g/mol. The van der Waals surface area contributed by atoms with Crippen LogP contribution in [0, 0.1) is 11.8 Å². The SMILES string of the molecule is CC[C@H]1C[C@@H]2C[C@H]3c4c(c5cc(OC(=O)CCN(C)C)ccc5n4CCN(C)C)CCN(C2)[C@@H]13. The summed E-state index contributed by atoms with van der Waals surface area (Å²) in [5.74, 6) is 2.80. The first kappa shape index (κ1) is 23.8. The van der Waals surface area contributed by atoms with Crippen molar-refractivity contribution in [2.24, 2.45) is 11.8 Å². The highest BCUT2D eigenvalue weighted by atomic mass is 16.5. The number of ether oxygens (including phenoxy) is 1. The lowest BCUT2D eigenvalue weighted by molar-refractivity contribution is -0.134. The Hall–Kier alpha value is -1.89. The fourth-order valence-electron chi connectivity index (χ4n) is 7.03. The predicted octanol–water partition coefficient (Wildman–Crippen LogP) is 3.82. The Morgan fingerprint density at radius 1 is 1.12 bits per heavy atom. The number of piperidine rings is 2. The van der Waals surface area contributed by atoms with E-state index >= 15 is 0 Å². The zero-order chi connectivity index (χ0) is 24.0. The van der Waals surface area contributed by atoms with Crippen LogP contribution in [0.2, 0.25) is 0 Å². The molecule has 186 valence electrons. The van der Waals surface area contributed by atoms with Gasteiger partial charge < -0.3 is 19.1 Å². The Balaban J connectivity index is 1.55. The normalized spacial score (nSPS) is 27.9. The minimum absolute atomic E-state index is 0.156. The van der Waals surface area contributed by atoms with Crippen LogP contribution < -0.4 is 4.74 Å². The van der Waals surface area contributed by atoms with Crippen molar-refractivity contribution in [1.82, 2.24) is 19.3 Å². The summed E-state index contributed by atoms with van der Waals surface area (Å²) >= 11 is 0. The average molecular weight is 467 g/mol. The van der Waals surface area contributed by atoms with Gasteiger partial charge in [0.05, 0.1) is 6.42 Å². The highest BCUT2D eigenvalue weighted by Crippen LogP contribution is 2.52. The first-order valence-electron chi connectivity index (χ1n) is 13.2. The van der Waals surface area contributed by atoms with Crippen LogP contribution in [-0.2, 0) is 17.8 Å². The first-order valence-corrected chi connectivity index (χ1v) is 13.2. The molecule has 1 aromatic carbocycles. The maximum atomic E-state index is 12.4. The lowest BCUT2D eigenvalue weighted by Crippen LogP contribution is -2.56. The second-order valence-electron chi connectivity index (χ2n) is 11.4. The van der Waals surface area contributed by atoms with Gasteiger partial charge in [-0.2, -0.15) is 0 Å². The fourth-order valence-corrected chi connectivity index (χ4v) is 7.03. The van der Waals surface area contributed by atoms with E-state index < -0.39 is 0 Å². The van der Waals surface area contributed by atoms with Gasteiger partial charge in [0.25, 0.3) is 0 Å². The van der Waals surface area contributed by atoms with Gasteiger partial charge in [-0.05, 0) is 83.1 Å². The van der Waals surface area contributed by atoms with E-state index in [1.807, 2.05) is 25.1 Å². The van der Waals surface area contributed by atoms with Gasteiger partial charge in [-0.15, -0.1) is 0 Å². The molecule has 3 aliphatic heterocycles. The molecule has 6 nitrogen and oxygen atoms in total. The van der Waals surface area contributed by atoms with E-state index in [0.29, 0.717) is 30.7 Å². The molecule has 5 atom stereocenters. The van der Waals surface area contributed by atoms with Crippen LogP contribution in [-0.4, -0.2) is 85.6 Å². The van der Waals surface area contributed by atoms with Crippen molar-refractivity contribution < 1.29 is 9.53 Å². The van der Waals surface area contributed by atoms with E-state index in [-0.39, 0.29) is 5.97 Å². The third-order valence-corrected chi connectivity index (χ3v) is 8.51. The van der Waals surface area contributed by atoms with E-state index in [0.717, 1.165) is 37.9 Å². The molecule has 2 saturated heterocycles. The number of hydrogen-bond donors (Lipinski definition) is 0. The molecule has 6 heteroatoms. The van der Waals surface area contributed by atoms with E-state index in [9.17, 15) is 4.79 Å². The second kappa shape index (κ2) is 9.63. The topological polar surface area (TPSA) is 41.0 Å². The number of aromatic nitrogens is 1. The van der Waals surface area contributed by atoms with Crippen LogP contribution in [0.25, 0.3) is 10.9 Å². The molecule has 0 N–H and O–H groups in total. The zero-order valence-corrected chi connectivity index (χ0v) is 21.7. The quantitative estimate of drug-likeness (QED) is 0.437. The molecule has 0 radical (unpaired) electrons. The molecule has 4 heterocycles. The second-order valence-corrected chi connectivity index (χ2v) is 11.4. The maximum absolute atomic E-state index is 12.4. The van der Waals surface area contributed by atoms with Crippen LogP contribution in [0.4, 0.5) is 0 Å². The Morgan fingerprint density at radius 2 is 1.91 bits per heavy atom. The number of benzene rings is 1. The summed E-state index contributed by atoms with van der Waals surface area (Å²) in [6, 6.07) is 7.02. The van der Waals surface area contributed by atoms with Crippen molar-refractivity contribution >= 4 is 16.9 Å². The third-order valence-electron chi connectivity index (χ3n) is 8.51. The van der Waals surface area contributed by atoms with Gasteiger partial charge in [0.2, 0.25) is 0 Å². The number of hydrogen-bond acceptors (Lipinski definition) is 5. The summed E-state index contributed by atoms with van der Waals surface area (Å²) in [5, 5.41) is 1.30. The number of fused-ring (bicyclic) bond motifs is 4. The highest BCUT2D eigenvalue weighted by Gasteiger charge is 2.49. The number of rotatable bonds is 8. The lowest BCUT2D eigenvalue weighted by atomic mass is 9.65. The Morgan fingerprint density at radius 3 is 2.65 bits per heavy atom. The minimum atomic E-state index is -0.156. The molecule has 1 unspecified atom stereocenters. The summed E-state index contributed by atoms with van der Waals surface area (Å²) in [6.07, 6.45) is 5.53. The summed E-state index contributed by atoms with van der Waals surface area (Å²) in [4.78, 5) is 19.5. The maximum Gasteiger partial charge on any atom is 0.312 e. The smallest absolute Gasteiger partial charge is 0.312 e. The molecule has 0 amide bonds. The van der Waals surface area contributed by atoms with Gasteiger partial charge in [0, 0.05) is 61.3 Å². The molecule has 1 aliphatic carbocycles. The molecule has 2 aromatic rings. The molecular formula is C28H42N4O2. The van der Waals surface area contributed by atoms with Gasteiger partial charge in [-0.3, -0.25) is 9.69 Å². The number of esters is 1. The van der Waals surface area contributed by atoms with E-state index in [1.165, 1.54) is 42.3 Å². The average Bonchev–Trinajstić information content (AvgIpc) is 3.06. The van der Waals surface area contributed by atoms with Gasteiger partial charge >= 0.3 is 5.97 Å². The standard InChI is InChI=1S/C28H42N4O2/c1-6-20-15-19-16-24-27(20)31(18-19)12-9-22-23-17-21(34-26(33)10-11-29(2)3)7-8-25(23)32(28(22)24)14-13-30(4)5/h7-8,17,19-20,24,27H,6,9-16,18H2,1-5H3/t19-,20+,24-,27+/m1/s1. The highest BCUT2D eigenvalue weighted by molar-refractivity contribution is 5.88. The summed E-state index contributed by atoms with van der Waals surface area (Å²) < 4.78 is 8.41. The van der Waals surface area contributed by atoms with E-state index in [1.54, 1.807) is 5.69 Å². The molecule has 0 spiro atoms. The lowest BCUT2D eigenvalue weighted by Gasteiger charge is -2.53. The first-order chi connectivity index (χ1) is 16.4. The van der Waals surface area contributed by atoms with Gasteiger partial charge in [-0.25, -0.2) is 0 Å². The van der Waals surface area contributed by atoms with Crippen LogP contribution >= 0.6 is 0 Å². The van der Waals surface area contributed by atoms with Crippen LogP contribution in [0.3, 0.4) is 0 Å². The van der Waals surface area contributed by atoms with Crippen molar-refractivity contribution in [2.75, 3.05) is 54.4 Å². The molecule has 1 saturated carbocycles. The minimum Gasteiger partial charge on any atom is -0.426 e.